The maximum Gasteiger partial charge on any atom is 0.321 e. The second-order valence-corrected chi connectivity index (χ2v) is 5.65. The van der Waals surface area contributed by atoms with Crippen LogP contribution in [0.5, 0.6) is 5.75 Å². The fraction of sp³-hybridized carbons (Fsp3) is 0.462. The summed E-state index contributed by atoms with van der Waals surface area (Å²) >= 11 is 1.59. The zero-order valence-electron chi connectivity index (χ0n) is 10.5. The molecule has 0 bridgehead atoms. The number of para-hydroxylation sites is 1. The molecule has 0 radical (unpaired) electrons. The zero-order chi connectivity index (χ0) is 13.1. The van der Waals surface area contributed by atoms with Gasteiger partial charge in [0.15, 0.2) is 0 Å². The number of aliphatic carboxylic acids is 1. The smallest absolute Gasteiger partial charge is 0.321 e. The Morgan fingerprint density at radius 2 is 2.17 bits per heavy atom. The number of hydrogen-bond donors (Lipinski definition) is 2. The Bertz CT molecular complexity index is 430. The first-order valence-corrected chi connectivity index (χ1v) is 6.92. The summed E-state index contributed by atoms with van der Waals surface area (Å²) in [6.07, 6.45) is 0. The summed E-state index contributed by atoms with van der Waals surface area (Å²) in [5.74, 6) is 0.701. The normalized spacial score (nSPS) is 23.0. The highest BCUT2D eigenvalue weighted by Gasteiger charge is 2.29. The van der Waals surface area contributed by atoms with Gasteiger partial charge in [-0.05, 0) is 25.0 Å². The van der Waals surface area contributed by atoms with Gasteiger partial charge in [-0.2, -0.15) is 0 Å². The van der Waals surface area contributed by atoms with Crippen molar-refractivity contribution in [2.75, 3.05) is 12.4 Å². The van der Waals surface area contributed by atoms with Crippen molar-refractivity contribution in [2.24, 2.45) is 0 Å². The molecule has 18 heavy (non-hydrogen) atoms. The van der Waals surface area contributed by atoms with Gasteiger partial charge in [0, 0.05) is 5.75 Å². The Balaban J connectivity index is 1.91. The number of carboxylic acid groups (broad SMARTS) is 1. The molecular weight excluding hydrogens is 250 g/mol. The fourth-order valence-electron chi connectivity index (χ4n) is 1.96. The van der Waals surface area contributed by atoms with E-state index in [9.17, 15) is 4.79 Å². The molecule has 0 amide bonds. The quantitative estimate of drug-likeness (QED) is 0.871. The Morgan fingerprint density at radius 1 is 1.50 bits per heavy atom. The molecule has 1 heterocycles. The maximum absolute atomic E-state index is 10.8. The molecule has 2 atom stereocenters. The van der Waals surface area contributed by atoms with Crippen LogP contribution in [0.15, 0.2) is 18.2 Å². The minimum atomic E-state index is -0.794. The molecule has 4 nitrogen and oxygen atoms in total. The third-order valence-electron chi connectivity index (χ3n) is 2.94. The highest BCUT2D eigenvalue weighted by atomic mass is 32.2. The summed E-state index contributed by atoms with van der Waals surface area (Å²) in [6, 6.07) is 5.57. The first-order valence-electron chi connectivity index (χ1n) is 5.87. The summed E-state index contributed by atoms with van der Waals surface area (Å²) in [4.78, 5) is 10.8. The van der Waals surface area contributed by atoms with Crippen LogP contribution < -0.4 is 10.1 Å². The van der Waals surface area contributed by atoms with Crippen molar-refractivity contribution in [3.05, 3.63) is 29.3 Å². The van der Waals surface area contributed by atoms with Crippen LogP contribution in [0, 0.1) is 13.8 Å². The lowest BCUT2D eigenvalue weighted by atomic mass is 10.1. The molecule has 1 aliphatic rings. The summed E-state index contributed by atoms with van der Waals surface area (Å²) in [5.41, 5.74) is 2.21. The summed E-state index contributed by atoms with van der Waals surface area (Å²) in [6.45, 7) is 4.51. The van der Waals surface area contributed by atoms with E-state index in [2.05, 4.69) is 5.32 Å². The van der Waals surface area contributed by atoms with Gasteiger partial charge in [-0.1, -0.05) is 18.2 Å². The second kappa shape index (κ2) is 5.63. The average molecular weight is 267 g/mol. The molecule has 1 aromatic rings. The Labute approximate surface area is 111 Å². The van der Waals surface area contributed by atoms with E-state index in [1.165, 1.54) is 0 Å². The van der Waals surface area contributed by atoms with Crippen molar-refractivity contribution in [3.8, 4) is 5.75 Å². The van der Waals surface area contributed by atoms with Gasteiger partial charge in [-0.3, -0.25) is 10.1 Å². The first-order chi connectivity index (χ1) is 8.58. The molecule has 2 unspecified atom stereocenters. The third-order valence-corrected chi connectivity index (χ3v) is 4.14. The molecule has 0 saturated carbocycles. The van der Waals surface area contributed by atoms with Gasteiger partial charge in [-0.15, -0.1) is 11.8 Å². The van der Waals surface area contributed by atoms with Crippen LogP contribution in [0.25, 0.3) is 0 Å². The van der Waals surface area contributed by atoms with Crippen molar-refractivity contribution >= 4 is 17.7 Å². The van der Waals surface area contributed by atoms with Gasteiger partial charge < -0.3 is 9.84 Å². The van der Waals surface area contributed by atoms with Crippen molar-refractivity contribution in [1.82, 2.24) is 5.32 Å². The number of aryl methyl sites for hydroxylation is 2. The van der Waals surface area contributed by atoms with Crippen LogP contribution in [-0.4, -0.2) is 34.9 Å². The molecule has 0 aromatic heterocycles. The van der Waals surface area contributed by atoms with Crippen molar-refractivity contribution in [2.45, 2.75) is 25.3 Å². The van der Waals surface area contributed by atoms with Gasteiger partial charge in [0.1, 0.15) is 18.4 Å². The number of nitrogens with one attached hydrogen (secondary N) is 1. The molecule has 2 rings (SSSR count). The molecule has 1 aliphatic heterocycles. The molecule has 1 aromatic carbocycles. The number of carbonyl (C=O) groups is 1. The molecule has 0 spiro atoms. The van der Waals surface area contributed by atoms with E-state index in [1.54, 1.807) is 11.8 Å². The maximum atomic E-state index is 10.8. The lowest BCUT2D eigenvalue weighted by molar-refractivity contribution is -0.138. The highest BCUT2D eigenvalue weighted by molar-refractivity contribution is 8.00. The lowest BCUT2D eigenvalue weighted by Gasteiger charge is -2.15. The Morgan fingerprint density at radius 3 is 2.72 bits per heavy atom. The van der Waals surface area contributed by atoms with Gasteiger partial charge in [0.25, 0.3) is 0 Å². The zero-order valence-corrected chi connectivity index (χ0v) is 11.3. The molecular formula is C13H17NO3S. The van der Waals surface area contributed by atoms with Crippen LogP contribution in [0.2, 0.25) is 0 Å². The Kier molecular flexibility index (Phi) is 4.14. The minimum absolute atomic E-state index is 0.0464. The first kappa shape index (κ1) is 13.2. The predicted octanol–water partition coefficient (Wildman–Crippen LogP) is 1.80. The van der Waals surface area contributed by atoms with Gasteiger partial charge in [-0.25, -0.2) is 0 Å². The summed E-state index contributed by atoms with van der Waals surface area (Å²) < 4.78 is 5.80. The SMILES string of the molecule is Cc1cccc(C)c1OCC1NC(C(=O)O)CS1. The fourth-order valence-corrected chi connectivity index (χ4v) is 3.05. The number of carboxylic acids is 1. The van der Waals surface area contributed by atoms with Crippen molar-refractivity contribution in [1.29, 1.82) is 0 Å². The van der Waals surface area contributed by atoms with Crippen LogP contribution >= 0.6 is 11.8 Å². The van der Waals surface area contributed by atoms with Crippen LogP contribution in [0.1, 0.15) is 11.1 Å². The van der Waals surface area contributed by atoms with Crippen LogP contribution in [0.3, 0.4) is 0 Å². The molecule has 1 saturated heterocycles. The average Bonchev–Trinajstić information content (AvgIpc) is 2.77. The monoisotopic (exact) mass is 267 g/mol. The van der Waals surface area contributed by atoms with E-state index >= 15 is 0 Å². The minimum Gasteiger partial charge on any atom is -0.491 e. The number of hydrogen-bond acceptors (Lipinski definition) is 4. The standard InChI is InChI=1S/C13H17NO3S/c1-8-4-3-5-9(2)12(8)17-6-11-14-10(7-18-11)13(15)16/h3-5,10-11,14H,6-7H2,1-2H3,(H,15,16). The number of ether oxygens (including phenoxy) is 1. The van der Waals surface area contributed by atoms with E-state index in [1.807, 2.05) is 32.0 Å². The molecule has 0 aliphatic carbocycles. The summed E-state index contributed by atoms with van der Waals surface area (Å²) in [5, 5.41) is 12.0. The van der Waals surface area contributed by atoms with Gasteiger partial charge in [0.05, 0.1) is 5.37 Å². The number of thioether (sulfide) groups is 1. The third kappa shape index (κ3) is 2.97. The van der Waals surface area contributed by atoms with Gasteiger partial charge in [0.2, 0.25) is 0 Å². The topological polar surface area (TPSA) is 58.6 Å². The molecule has 2 N–H and O–H groups in total. The largest absolute Gasteiger partial charge is 0.491 e. The van der Waals surface area contributed by atoms with Crippen LogP contribution in [-0.2, 0) is 4.79 Å². The van der Waals surface area contributed by atoms with Gasteiger partial charge >= 0.3 is 5.97 Å². The van der Waals surface area contributed by atoms with E-state index < -0.39 is 12.0 Å². The van der Waals surface area contributed by atoms with Crippen molar-refractivity contribution < 1.29 is 14.6 Å². The molecule has 98 valence electrons. The van der Waals surface area contributed by atoms with E-state index in [0.29, 0.717) is 12.4 Å². The molecule has 5 heteroatoms. The number of benzene rings is 1. The van der Waals surface area contributed by atoms with E-state index in [4.69, 9.17) is 9.84 Å². The Hall–Kier alpha value is -1.20. The molecule has 1 fully saturated rings. The second-order valence-electron chi connectivity index (χ2n) is 4.41. The summed E-state index contributed by atoms with van der Waals surface area (Å²) in [7, 11) is 0. The number of rotatable bonds is 4. The highest BCUT2D eigenvalue weighted by Crippen LogP contribution is 2.25. The van der Waals surface area contributed by atoms with E-state index in [0.717, 1.165) is 16.9 Å². The van der Waals surface area contributed by atoms with Crippen LogP contribution in [0.4, 0.5) is 0 Å². The van der Waals surface area contributed by atoms with Crippen molar-refractivity contribution in [3.63, 3.8) is 0 Å². The van der Waals surface area contributed by atoms with E-state index in [-0.39, 0.29) is 5.37 Å². The lowest BCUT2D eigenvalue weighted by Crippen LogP contribution is -2.38. The predicted molar refractivity (Wildman–Crippen MR) is 72.2 cm³/mol.